The second kappa shape index (κ2) is 7.32. The van der Waals surface area contributed by atoms with Crippen molar-refractivity contribution in [3.05, 3.63) is 65.5 Å². The van der Waals surface area contributed by atoms with Gasteiger partial charge in [0.1, 0.15) is 6.61 Å². The molecule has 5 rings (SSSR count). The zero-order valence-electron chi connectivity index (χ0n) is 15.8. The number of hydrogen-bond donors (Lipinski definition) is 0. The number of likely N-dealkylation sites (tertiary alicyclic amines) is 1. The topological polar surface area (TPSA) is 32.8 Å². The third-order valence-corrected chi connectivity index (χ3v) is 7.04. The van der Waals surface area contributed by atoms with Gasteiger partial charge in [-0.1, -0.05) is 36.4 Å². The Balaban J connectivity index is 1.25. The van der Waals surface area contributed by atoms with E-state index in [0.29, 0.717) is 6.54 Å². The number of hydrogen-bond acceptors (Lipinski definition) is 4. The molecule has 0 radical (unpaired) electrons. The van der Waals surface area contributed by atoms with Crippen LogP contribution in [0.1, 0.15) is 17.7 Å². The van der Waals surface area contributed by atoms with Gasteiger partial charge in [0.05, 0.1) is 12.1 Å². The van der Waals surface area contributed by atoms with Crippen LogP contribution in [0.5, 0.6) is 0 Å². The number of fused-ring (bicyclic) bond motifs is 1. The molecular weight excluding hydrogens is 368 g/mol. The second-order valence-electron chi connectivity index (χ2n) is 7.81. The summed E-state index contributed by atoms with van der Waals surface area (Å²) in [5, 5.41) is 1.34. The molecule has 0 N–H and O–H groups in total. The molecule has 3 heterocycles. The average molecular weight is 393 g/mol. The maximum atomic E-state index is 12.4. The molecule has 3 aromatic rings. The van der Waals surface area contributed by atoms with Crippen LogP contribution in [-0.2, 0) is 16.1 Å². The molecule has 1 amide bonds. The SMILES string of the molecule is O=C1COC2(CCN(Cc3cc4ccccc4s3)CC2)CN1c1ccccc1. The fraction of sp³-hybridized carbons (Fsp3) is 0.348. The van der Waals surface area contributed by atoms with Gasteiger partial charge in [0.15, 0.2) is 0 Å². The predicted molar refractivity (Wildman–Crippen MR) is 114 cm³/mol. The molecule has 2 saturated heterocycles. The van der Waals surface area contributed by atoms with Crippen molar-refractivity contribution in [1.29, 1.82) is 0 Å². The molecule has 0 aliphatic carbocycles. The van der Waals surface area contributed by atoms with Gasteiger partial charge in [0, 0.05) is 34.9 Å². The number of para-hydroxylation sites is 1. The Labute approximate surface area is 169 Å². The van der Waals surface area contributed by atoms with Crippen LogP contribution < -0.4 is 4.90 Å². The van der Waals surface area contributed by atoms with E-state index in [0.717, 1.165) is 38.2 Å². The number of morpholine rings is 1. The maximum absolute atomic E-state index is 12.4. The van der Waals surface area contributed by atoms with Crippen LogP contribution in [0.25, 0.3) is 10.1 Å². The van der Waals surface area contributed by atoms with E-state index in [-0.39, 0.29) is 18.1 Å². The van der Waals surface area contributed by atoms with E-state index in [1.165, 1.54) is 15.0 Å². The maximum Gasteiger partial charge on any atom is 0.253 e. The fourth-order valence-corrected chi connectivity index (χ4v) is 5.42. The van der Waals surface area contributed by atoms with Gasteiger partial charge < -0.3 is 9.64 Å². The molecule has 1 aromatic heterocycles. The summed E-state index contributed by atoms with van der Waals surface area (Å²) < 4.78 is 7.46. The summed E-state index contributed by atoms with van der Waals surface area (Å²) in [5.74, 6) is 0.0598. The largest absolute Gasteiger partial charge is 0.363 e. The van der Waals surface area contributed by atoms with E-state index < -0.39 is 0 Å². The summed E-state index contributed by atoms with van der Waals surface area (Å²) in [5.41, 5.74) is 0.767. The number of thiophene rings is 1. The molecule has 28 heavy (non-hydrogen) atoms. The number of nitrogens with zero attached hydrogens (tertiary/aromatic N) is 2. The Morgan fingerprint density at radius 1 is 1.00 bits per heavy atom. The Morgan fingerprint density at radius 2 is 1.75 bits per heavy atom. The monoisotopic (exact) mass is 392 g/mol. The molecule has 0 saturated carbocycles. The van der Waals surface area contributed by atoms with Gasteiger partial charge in [-0.15, -0.1) is 11.3 Å². The van der Waals surface area contributed by atoms with Crippen molar-refractivity contribution >= 4 is 33.0 Å². The lowest BCUT2D eigenvalue weighted by atomic mass is 9.89. The first-order chi connectivity index (χ1) is 13.7. The summed E-state index contributed by atoms with van der Waals surface area (Å²) in [6.07, 6.45) is 1.93. The zero-order chi connectivity index (χ0) is 19.0. The van der Waals surface area contributed by atoms with Gasteiger partial charge >= 0.3 is 0 Å². The van der Waals surface area contributed by atoms with Crippen LogP contribution in [0, 0.1) is 0 Å². The zero-order valence-corrected chi connectivity index (χ0v) is 16.7. The Hall–Kier alpha value is -2.21. The molecule has 0 atom stereocenters. The van der Waals surface area contributed by atoms with Crippen molar-refractivity contribution < 1.29 is 9.53 Å². The molecule has 2 aromatic carbocycles. The number of benzene rings is 2. The predicted octanol–water partition coefficient (Wildman–Crippen LogP) is 4.30. The Bertz CT molecular complexity index is 943. The van der Waals surface area contributed by atoms with Crippen LogP contribution in [-0.4, -0.2) is 42.6 Å². The molecule has 2 aliphatic rings. The minimum atomic E-state index is -0.208. The van der Waals surface area contributed by atoms with Crippen molar-refractivity contribution in [3.63, 3.8) is 0 Å². The highest BCUT2D eigenvalue weighted by atomic mass is 32.1. The van der Waals surface area contributed by atoms with Gasteiger partial charge in [-0.2, -0.15) is 0 Å². The van der Waals surface area contributed by atoms with Crippen molar-refractivity contribution in [3.8, 4) is 0 Å². The van der Waals surface area contributed by atoms with Crippen LogP contribution in [0.2, 0.25) is 0 Å². The first kappa shape index (κ1) is 17.9. The first-order valence-corrected chi connectivity index (χ1v) is 10.7. The van der Waals surface area contributed by atoms with Gasteiger partial charge in [0.25, 0.3) is 5.91 Å². The molecule has 0 unspecified atom stereocenters. The molecule has 0 bridgehead atoms. The van der Waals surface area contributed by atoms with Gasteiger partial charge in [-0.3, -0.25) is 9.69 Å². The third-order valence-electron chi connectivity index (χ3n) is 5.94. The third kappa shape index (κ3) is 3.46. The number of rotatable bonds is 3. The lowest BCUT2D eigenvalue weighted by molar-refractivity contribution is -0.144. The minimum absolute atomic E-state index is 0.0598. The summed E-state index contributed by atoms with van der Waals surface area (Å²) >= 11 is 1.89. The number of piperidine rings is 1. The van der Waals surface area contributed by atoms with E-state index in [9.17, 15) is 4.79 Å². The molecule has 4 nitrogen and oxygen atoms in total. The molecular formula is C23H24N2O2S. The number of ether oxygens (including phenoxy) is 1. The van der Waals surface area contributed by atoms with Crippen molar-refractivity contribution in [2.45, 2.75) is 25.0 Å². The highest BCUT2D eigenvalue weighted by molar-refractivity contribution is 7.19. The molecule has 2 fully saturated rings. The molecule has 5 heteroatoms. The van der Waals surface area contributed by atoms with Crippen LogP contribution in [0.4, 0.5) is 5.69 Å². The van der Waals surface area contributed by atoms with Crippen molar-refractivity contribution in [2.24, 2.45) is 0 Å². The summed E-state index contributed by atoms with van der Waals surface area (Å²) in [4.78, 5) is 18.2. The standard InChI is InChI=1S/C23H24N2O2S/c26-22-16-27-23(17-25(22)19-7-2-1-3-8-19)10-12-24(13-11-23)15-20-14-18-6-4-5-9-21(18)28-20/h1-9,14H,10-13,15-17H2. The molecule has 144 valence electrons. The fourth-order valence-electron chi connectivity index (χ4n) is 4.31. The average Bonchev–Trinajstić information content (AvgIpc) is 3.15. The quantitative estimate of drug-likeness (QED) is 0.666. The van der Waals surface area contributed by atoms with Crippen molar-refractivity contribution in [1.82, 2.24) is 4.90 Å². The lowest BCUT2D eigenvalue weighted by Crippen LogP contribution is -2.58. The number of carbonyl (C=O) groups excluding carboxylic acids is 1. The number of anilines is 1. The van der Waals surface area contributed by atoms with E-state index >= 15 is 0 Å². The van der Waals surface area contributed by atoms with E-state index in [4.69, 9.17) is 4.74 Å². The van der Waals surface area contributed by atoms with Gasteiger partial charge in [0.2, 0.25) is 0 Å². The lowest BCUT2D eigenvalue weighted by Gasteiger charge is -2.47. The van der Waals surface area contributed by atoms with Crippen LogP contribution in [0.15, 0.2) is 60.7 Å². The van der Waals surface area contributed by atoms with Crippen LogP contribution in [0.3, 0.4) is 0 Å². The van der Waals surface area contributed by atoms with Gasteiger partial charge in [-0.25, -0.2) is 0 Å². The second-order valence-corrected chi connectivity index (χ2v) is 8.98. The molecule has 1 spiro atoms. The number of amides is 1. The summed E-state index contributed by atoms with van der Waals surface area (Å²) in [6, 6.07) is 20.9. The van der Waals surface area contributed by atoms with Gasteiger partial charge in [-0.05, 0) is 42.5 Å². The van der Waals surface area contributed by atoms with Crippen molar-refractivity contribution in [2.75, 3.05) is 31.1 Å². The minimum Gasteiger partial charge on any atom is -0.363 e. The normalized spacial score (nSPS) is 20.1. The van der Waals surface area contributed by atoms with E-state index in [1.807, 2.05) is 46.6 Å². The first-order valence-electron chi connectivity index (χ1n) is 9.90. The summed E-state index contributed by atoms with van der Waals surface area (Å²) in [7, 11) is 0. The van der Waals surface area contributed by atoms with Crippen LogP contribution >= 0.6 is 11.3 Å². The highest BCUT2D eigenvalue weighted by Crippen LogP contribution is 2.34. The Kier molecular flexibility index (Phi) is 4.67. The Morgan fingerprint density at radius 3 is 2.54 bits per heavy atom. The number of carbonyl (C=O) groups is 1. The highest BCUT2D eigenvalue weighted by Gasteiger charge is 2.42. The van der Waals surface area contributed by atoms with E-state index in [1.54, 1.807) is 0 Å². The molecule has 2 aliphatic heterocycles. The summed E-state index contributed by atoms with van der Waals surface area (Å²) in [6.45, 7) is 3.85. The smallest absolute Gasteiger partial charge is 0.253 e. The van der Waals surface area contributed by atoms with E-state index in [2.05, 4.69) is 35.2 Å².